The van der Waals surface area contributed by atoms with Gasteiger partial charge in [-0.05, 0) is 66.7 Å². The normalized spacial score (nSPS) is 16.2. The number of H-pyrrole nitrogens is 2. The molecular formula is C41H47N7O6. The maximum absolute atomic E-state index is 13.3. The number of benzene rings is 3. The third-order valence-corrected chi connectivity index (χ3v) is 10.3. The molecule has 2 N–H and O–H groups in total. The summed E-state index contributed by atoms with van der Waals surface area (Å²) in [4.78, 5) is 41.0. The zero-order valence-electron chi connectivity index (χ0n) is 30.7. The Morgan fingerprint density at radius 1 is 0.741 bits per heavy atom. The van der Waals surface area contributed by atoms with E-state index in [9.17, 15) is 14.4 Å². The fraction of sp³-hybridized carbons (Fsp3) is 0.415. The second kappa shape index (κ2) is 17.5. The van der Waals surface area contributed by atoms with Gasteiger partial charge in [-0.3, -0.25) is 23.6 Å². The van der Waals surface area contributed by atoms with Crippen molar-refractivity contribution in [2.24, 2.45) is 0 Å². The highest BCUT2D eigenvalue weighted by atomic mass is 16.5. The average Bonchev–Trinajstić information content (AvgIpc) is 3.93. The summed E-state index contributed by atoms with van der Waals surface area (Å²) in [6.07, 6.45) is 12.4. The molecule has 0 amide bonds. The molecule has 1 unspecified atom stereocenters. The van der Waals surface area contributed by atoms with Gasteiger partial charge in [-0.25, -0.2) is 19.1 Å². The first kappa shape index (κ1) is 36.8. The highest BCUT2D eigenvalue weighted by molar-refractivity contribution is 5.80. The lowest BCUT2D eigenvalue weighted by Crippen LogP contribution is -2.32. The first-order chi connectivity index (χ1) is 26.5. The second-order valence-electron chi connectivity index (χ2n) is 14.1. The highest BCUT2D eigenvalue weighted by Gasteiger charge is 2.21. The molecule has 8 rings (SSSR count). The van der Waals surface area contributed by atoms with Crippen LogP contribution in [0.5, 0.6) is 0 Å². The summed E-state index contributed by atoms with van der Waals surface area (Å²) in [5, 5.41) is 12.3. The smallest absolute Gasteiger partial charge is 0.376 e. The van der Waals surface area contributed by atoms with E-state index >= 15 is 0 Å². The first-order valence-corrected chi connectivity index (χ1v) is 19.1. The fourth-order valence-electron chi connectivity index (χ4n) is 7.52. The SMILES string of the molecule is CCCCc1nn(CC2CCCCO2)c(=O)n1Cc1ccc(-c2ccccc2-c2noc(=O)[nH]2)cc1.O=c1[nH]c(-c2ccccc2C2CCCCC2)no1. The van der Waals surface area contributed by atoms with E-state index in [0.717, 1.165) is 78.8 Å². The first-order valence-electron chi connectivity index (χ1n) is 19.1. The Balaban J connectivity index is 0.000000208. The third kappa shape index (κ3) is 8.79. The standard InChI is InChI=1S/C27H31N5O4.C14H16N2O2/c1-2-3-11-24-29-32(18-21-8-6-7-16-35-21)27(34)31(24)17-19-12-14-20(15-13-19)22-9-4-5-10-23(22)25-28-26(33)36-30-25;17-14-15-13(16-18-14)12-9-5-4-8-11(12)10-6-2-1-3-7-10/h4-5,9-10,12-15,21H,2-3,6-8,11,16-18H2,1H3,(H,28,30,33);4-5,8-10H,1-3,6-7H2,(H,15,16,17). The number of nitrogens with zero attached hydrogens (tertiary/aromatic N) is 5. The Morgan fingerprint density at radius 3 is 2.04 bits per heavy atom. The predicted octanol–water partition coefficient (Wildman–Crippen LogP) is 7.09. The van der Waals surface area contributed by atoms with Crippen molar-refractivity contribution in [3.8, 4) is 33.9 Å². The molecular weight excluding hydrogens is 686 g/mol. The summed E-state index contributed by atoms with van der Waals surface area (Å²) in [5.41, 5.74) is 5.88. The third-order valence-electron chi connectivity index (χ3n) is 10.3. The van der Waals surface area contributed by atoms with Gasteiger partial charge in [-0.2, -0.15) is 5.10 Å². The number of nitrogens with one attached hydrogen (secondary N) is 2. The molecule has 2 aliphatic rings. The van der Waals surface area contributed by atoms with Gasteiger partial charge in [0.1, 0.15) is 5.82 Å². The largest absolute Gasteiger partial charge is 0.439 e. The molecule has 2 fully saturated rings. The molecule has 1 saturated carbocycles. The Bertz CT molecular complexity index is 2280. The molecule has 13 nitrogen and oxygen atoms in total. The van der Waals surface area contributed by atoms with Crippen LogP contribution in [0.4, 0.5) is 0 Å². The molecule has 1 aliphatic heterocycles. The molecule has 1 aliphatic carbocycles. The molecule has 54 heavy (non-hydrogen) atoms. The van der Waals surface area contributed by atoms with Crippen molar-refractivity contribution in [1.82, 2.24) is 34.6 Å². The van der Waals surface area contributed by atoms with Gasteiger partial charge in [-0.15, -0.1) is 0 Å². The lowest BCUT2D eigenvalue weighted by molar-refractivity contribution is 0.00325. The monoisotopic (exact) mass is 733 g/mol. The van der Waals surface area contributed by atoms with E-state index < -0.39 is 11.5 Å². The summed E-state index contributed by atoms with van der Waals surface area (Å²) in [6, 6.07) is 23.9. The number of hydrogen-bond donors (Lipinski definition) is 2. The summed E-state index contributed by atoms with van der Waals surface area (Å²) in [6.45, 7) is 3.86. The lowest BCUT2D eigenvalue weighted by atomic mass is 9.82. The molecule has 0 bridgehead atoms. The van der Waals surface area contributed by atoms with Gasteiger partial charge in [0.05, 0.1) is 19.2 Å². The van der Waals surface area contributed by atoms with Crippen LogP contribution in [0, 0.1) is 0 Å². The molecule has 3 aromatic carbocycles. The minimum atomic E-state index is -0.588. The molecule has 4 heterocycles. The van der Waals surface area contributed by atoms with E-state index in [2.05, 4.69) is 42.3 Å². The van der Waals surface area contributed by atoms with Crippen molar-refractivity contribution in [3.63, 3.8) is 0 Å². The Labute approximate surface area is 312 Å². The number of aromatic amines is 2. The van der Waals surface area contributed by atoms with Crippen LogP contribution in [0.25, 0.3) is 33.9 Å². The number of hydrogen-bond acceptors (Lipinski definition) is 9. The van der Waals surface area contributed by atoms with Gasteiger partial charge in [0.25, 0.3) is 0 Å². The van der Waals surface area contributed by atoms with Gasteiger partial charge in [0.15, 0.2) is 11.6 Å². The van der Waals surface area contributed by atoms with Gasteiger partial charge in [0.2, 0.25) is 0 Å². The molecule has 0 radical (unpaired) electrons. The Kier molecular flexibility index (Phi) is 11.9. The highest BCUT2D eigenvalue weighted by Crippen LogP contribution is 2.37. The van der Waals surface area contributed by atoms with E-state index in [1.165, 1.54) is 37.7 Å². The van der Waals surface area contributed by atoms with Gasteiger partial charge in [0, 0.05) is 24.2 Å². The zero-order valence-corrected chi connectivity index (χ0v) is 30.7. The minimum Gasteiger partial charge on any atom is -0.376 e. The van der Waals surface area contributed by atoms with E-state index in [1.54, 1.807) is 9.25 Å². The Hall–Kier alpha value is -5.56. The van der Waals surface area contributed by atoms with Gasteiger partial charge >= 0.3 is 17.2 Å². The van der Waals surface area contributed by atoms with Crippen LogP contribution >= 0.6 is 0 Å². The van der Waals surface area contributed by atoms with Crippen molar-refractivity contribution in [3.05, 3.63) is 121 Å². The van der Waals surface area contributed by atoms with Crippen molar-refractivity contribution >= 4 is 0 Å². The zero-order chi connectivity index (χ0) is 37.3. The van der Waals surface area contributed by atoms with Crippen molar-refractivity contribution in [1.29, 1.82) is 0 Å². The van der Waals surface area contributed by atoms with Crippen molar-refractivity contribution in [2.75, 3.05) is 6.61 Å². The quantitative estimate of drug-likeness (QED) is 0.141. The molecule has 13 heteroatoms. The van der Waals surface area contributed by atoms with E-state index in [4.69, 9.17) is 9.84 Å². The summed E-state index contributed by atoms with van der Waals surface area (Å²) >= 11 is 0. The van der Waals surface area contributed by atoms with E-state index in [0.29, 0.717) is 30.7 Å². The summed E-state index contributed by atoms with van der Waals surface area (Å²) in [7, 11) is 0. The van der Waals surface area contributed by atoms with Crippen molar-refractivity contribution < 1.29 is 13.8 Å². The van der Waals surface area contributed by atoms with E-state index in [1.807, 2.05) is 66.7 Å². The molecule has 6 aromatic rings. The van der Waals surface area contributed by atoms with Crippen LogP contribution in [-0.2, 0) is 24.2 Å². The minimum absolute atomic E-state index is 0.0535. The number of aryl methyl sites for hydroxylation is 1. The predicted molar refractivity (Wildman–Crippen MR) is 204 cm³/mol. The lowest BCUT2D eigenvalue weighted by Gasteiger charge is -2.23. The number of rotatable bonds is 11. The van der Waals surface area contributed by atoms with Gasteiger partial charge < -0.3 is 4.74 Å². The summed E-state index contributed by atoms with van der Waals surface area (Å²) in [5.74, 6) is 1.25. The van der Waals surface area contributed by atoms with Crippen LogP contribution in [0.3, 0.4) is 0 Å². The molecule has 1 atom stereocenters. The Morgan fingerprint density at radius 2 is 1.39 bits per heavy atom. The molecule has 0 spiro atoms. The van der Waals surface area contributed by atoms with Crippen LogP contribution < -0.4 is 17.2 Å². The van der Waals surface area contributed by atoms with Crippen LogP contribution in [0.2, 0.25) is 0 Å². The molecule has 3 aromatic heterocycles. The number of unbranched alkanes of at least 4 members (excludes halogenated alkanes) is 1. The number of ether oxygens (including phenoxy) is 1. The van der Waals surface area contributed by atoms with Crippen LogP contribution in [0.1, 0.15) is 94.0 Å². The number of aromatic nitrogens is 7. The van der Waals surface area contributed by atoms with E-state index in [-0.39, 0.29) is 11.8 Å². The maximum atomic E-state index is 13.3. The maximum Gasteiger partial charge on any atom is 0.439 e. The van der Waals surface area contributed by atoms with Gasteiger partial charge in [-0.1, -0.05) is 116 Å². The van der Waals surface area contributed by atoms with Crippen LogP contribution in [-0.4, -0.2) is 47.3 Å². The second-order valence-corrected chi connectivity index (χ2v) is 14.1. The average molecular weight is 734 g/mol. The van der Waals surface area contributed by atoms with Crippen LogP contribution in [0.15, 0.2) is 96.2 Å². The molecule has 282 valence electrons. The topological polar surface area (TPSA) is 167 Å². The fourth-order valence-corrected chi connectivity index (χ4v) is 7.52. The summed E-state index contributed by atoms with van der Waals surface area (Å²) < 4.78 is 18.5. The van der Waals surface area contributed by atoms with Crippen molar-refractivity contribution in [2.45, 2.75) is 103 Å². The molecule has 1 saturated heterocycles.